The van der Waals surface area contributed by atoms with Gasteiger partial charge in [0.25, 0.3) is 0 Å². The molecule has 6 nitrogen and oxygen atoms in total. The van der Waals surface area contributed by atoms with Crippen molar-refractivity contribution in [1.82, 2.24) is 20.2 Å². The highest BCUT2D eigenvalue weighted by Gasteiger charge is 2.60. The third-order valence-electron chi connectivity index (χ3n) is 7.02. The number of hydrogen-bond acceptors (Lipinski definition) is 4. The molecule has 4 fully saturated rings. The number of nitrogens with zero attached hydrogens (tertiary/aromatic N) is 4. The second-order valence-electron chi connectivity index (χ2n) is 9.02. The van der Waals surface area contributed by atoms with E-state index in [1.807, 2.05) is 22.9 Å². The van der Waals surface area contributed by atoms with Crippen molar-refractivity contribution in [3.8, 4) is 0 Å². The Balaban J connectivity index is 1.42. The summed E-state index contributed by atoms with van der Waals surface area (Å²) in [6.07, 6.45) is 7.42. The van der Waals surface area contributed by atoms with E-state index in [1.165, 1.54) is 24.8 Å². The van der Waals surface area contributed by atoms with Gasteiger partial charge in [-0.25, -0.2) is 4.68 Å². The van der Waals surface area contributed by atoms with Crippen LogP contribution in [0.3, 0.4) is 0 Å². The fraction of sp³-hybridized carbons (Fsp3) is 0.600. The Morgan fingerprint density at radius 2 is 1.88 bits per heavy atom. The summed E-state index contributed by atoms with van der Waals surface area (Å²) in [6, 6.07) is 10.3. The van der Waals surface area contributed by atoms with E-state index in [9.17, 15) is 4.79 Å². The zero-order valence-electron chi connectivity index (χ0n) is 15.0. The summed E-state index contributed by atoms with van der Waals surface area (Å²) >= 11 is 0. The number of carbonyl (C=O) groups excluding carboxylic acids is 1. The normalized spacial score (nSPS) is 34.9. The second kappa shape index (κ2) is 5.63. The molecule has 0 aliphatic heterocycles. The average molecular weight is 351 g/mol. The van der Waals surface area contributed by atoms with Gasteiger partial charge >= 0.3 is 0 Å². The first-order valence-electron chi connectivity index (χ1n) is 9.65. The van der Waals surface area contributed by atoms with Gasteiger partial charge in [-0.3, -0.25) is 4.79 Å². The Morgan fingerprint density at radius 1 is 1.15 bits per heavy atom. The van der Waals surface area contributed by atoms with Gasteiger partial charge in [-0.1, -0.05) is 30.3 Å². The first-order chi connectivity index (χ1) is 12.6. The summed E-state index contributed by atoms with van der Waals surface area (Å²) in [7, 11) is 0. The van der Waals surface area contributed by atoms with Crippen LogP contribution >= 0.6 is 0 Å². The van der Waals surface area contributed by atoms with Crippen molar-refractivity contribution in [2.45, 2.75) is 51.5 Å². The highest BCUT2D eigenvalue weighted by atomic mass is 16.1. The Morgan fingerprint density at radius 3 is 2.58 bits per heavy atom. The lowest BCUT2D eigenvalue weighted by molar-refractivity contribution is -0.154. The first kappa shape index (κ1) is 16.0. The predicted octanol–water partition coefficient (Wildman–Crippen LogP) is 2.34. The average Bonchev–Trinajstić information content (AvgIpc) is 3.00. The van der Waals surface area contributed by atoms with Crippen molar-refractivity contribution in [2.75, 3.05) is 0 Å². The number of tetrazole rings is 1. The Kier molecular flexibility index (Phi) is 3.46. The molecule has 4 bridgehead atoms. The Bertz CT molecular complexity index is 816. The van der Waals surface area contributed by atoms with Crippen LogP contribution in [0.1, 0.15) is 49.9 Å². The molecule has 4 aliphatic carbocycles. The molecule has 4 saturated carbocycles. The van der Waals surface area contributed by atoms with Crippen molar-refractivity contribution in [3.05, 3.63) is 41.7 Å². The van der Waals surface area contributed by atoms with E-state index in [0.717, 1.165) is 31.5 Å². The summed E-state index contributed by atoms with van der Waals surface area (Å²) in [4.78, 5) is 12.3. The van der Waals surface area contributed by atoms with Gasteiger partial charge in [-0.15, -0.1) is 5.10 Å². The number of aromatic nitrogens is 4. The number of primary amides is 1. The van der Waals surface area contributed by atoms with Crippen molar-refractivity contribution in [2.24, 2.45) is 28.4 Å². The van der Waals surface area contributed by atoms with Gasteiger partial charge in [0.1, 0.15) is 0 Å². The molecule has 2 aromatic rings. The predicted molar refractivity (Wildman–Crippen MR) is 95.8 cm³/mol. The van der Waals surface area contributed by atoms with E-state index < -0.39 is 0 Å². The number of nitrogens with two attached hydrogens (primary N) is 1. The van der Waals surface area contributed by atoms with Crippen LogP contribution in [0.4, 0.5) is 0 Å². The fourth-order valence-corrected chi connectivity index (χ4v) is 6.51. The summed E-state index contributed by atoms with van der Waals surface area (Å²) in [5.74, 6) is 2.14. The van der Waals surface area contributed by atoms with Crippen LogP contribution < -0.4 is 5.73 Å². The molecule has 2 atom stereocenters. The number of hydrogen-bond donors (Lipinski definition) is 1. The van der Waals surface area contributed by atoms with E-state index in [1.54, 1.807) is 0 Å². The summed E-state index contributed by atoms with van der Waals surface area (Å²) in [5.41, 5.74) is 6.93. The minimum Gasteiger partial charge on any atom is -0.369 e. The van der Waals surface area contributed by atoms with E-state index in [0.29, 0.717) is 18.4 Å². The van der Waals surface area contributed by atoms with E-state index in [-0.39, 0.29) is 16.7 Å². The molecule has 1 heterocycles. The van der Waals surface area contributed by atoms with Gasteiger partial charge in [0, 0.05) is 6.42 Å². The highest BCUT2D eigenvalue weighted by Crippen LogP contribution is 2.65. The molecule has 1 aromatic carbocycles. The maximum Gasteiger partial charge on any atom is 0.223 e. The number of carbonyl (C=O) groups is 1. The molecule has 26 heavy (non-hydrogen) atoms. The maximum atomic E-state index is 12.3. The second-order valence-corrected chi connectivity index (χ2v) is 9.02. The molecule has 136 valence electrons. The van der Waals surface area contributed by atoms with Crippen LogP contribution in [-0.2, 0) is 17.8 Å². The van der Waals surface area contributed by atoms with E-state index in [4.69, 9.17) is 5.73 Å². The third kappa shape index (κ3) is 2.54. The molecule has 0 radical (unpaired) electrons. The van der Waals surface area contributed by atoms with Crippen LogP contribution in [-0.4, -0.2) is 26.1 Å². The van der Waals surface area contributed by atoms with Crippen LogP contribution in [0.5, 0.6) is 0 Å². The zero-order chi connectivity index (χ0) is 17.8. The van der Waals surface area contributed by atoms with Crippen molar-refractivity contribution in [1.29, 1.82) is 0 Å². The molecular formula is C20H25N5O. The number of amides is 1. The molecule has 6 rings (SSSR count). The fourth-order valence-electron chi connectivity index (χ4n) is 6.51. The molecule has 2 unspecified atom stereocenters. The molecular weight excluding hydrogens is 326 g/mol. The molecule has 6 heteroatoms. The summed E-state index contributed by atoms with van der Waals surface area (Å²) < 4.78 is 1.92. The van der Waals surface area contributed by atoms with Crippen LogP contribution in [0.15, 0.2) is 30.3 Å². The number of rotatable bonds is 5. The van der Waals surface area contributed by atoms with Crippen LogP contribution in [0, 0.1) is 22.7 Å². The van der Waals surface area contributed by atoms with E-state index in [2.05, 4.69) is 27.7 Å². The van der Waals surface area contributed by atoms with Gasteiger partial charge in [0.05, 0.1) is 12.0 Å². The van der Waals surface area contributed by atoms with Gasteiger partial charge < -0.3 is 5.73 Å². The SMILES string of the molecule is NC(=O)C12CC3CC(CC(Cc4nnnn4Cc4ccccc4)(C3)C1)C2. The molecule has 0 spiro atoms. The third-order valence-corrected chi connectivity index (χ3v) is 7.02. The number of benzene rings is 1. The van der Waals surface area contributed by atoms with Crippen LogP contribution in [0.2, 0.25) is 0 Å². The van der Waals surface area contributed by atoms with Crippen molar-refractivity contribution in [3.63, 3.8) is 0 Å². The minimum atomic E-state index is -0.276. The Labute approximate surface area is 153 Å². The smallest absolute Gasteiger partial charge is 0.223 e. The van der Waals surface area contributed by atoms with Crippen LogP contribution in [0.25, 0.3) is 0 Å². The lowest BCUT2D eigenvalue weighted by Gasteiger charge is -2.61. The standard InChI is InChI=1S/C20H25N5O/c21-18(26)20-9-15-6-16(10-20)8-19(7-15,13-20)11-17-22-23-24-25(17)12-14-4-2-1-3-5-14/h1-5,15-16H,6-13H2,(H2,21,26). The van der Waals surface area contributed by atoms with Gasteiger partial charge in [-0.2, -0.15) is 0 Å². The largest absolute Gasteiger partial charge is 0.369 e. The molecule has 0 saturated heterocycles. The minimum absolute atomic E-state index is 0.0835. The van der Waals surface area contributed by atoms with Gasteiger partial charge in [0.15, 0.2) is 5.82 Å². The van der Waals surface area contributed by atoms with Crippen molar-refractivity contribution >= 4 is 5.91 Å². The van der Waals surface area contributed by atoms with Gasteiger partial charge in [0.2, 0.25) is 5.91 Å². The zero-order valence-corrected chi connectivity index (χ0v) is 15.0. The first-order valence-corrected chi connectivity index (χ1v) is 9.65. The van der Waals surface area contributed by atoms with E-state index >= 15 is 0 Å². The molecule has 1 aromatic heterocycles. The quantitative estimate of drug-likeness (QED) is 0.896. The topological polar surface area (TPSA) is 86.7 Å². The maximum absolute atomic E-state index is 12.3. The summed E-state index contributed by atoms with van der Waals surface area (Å²) in [5, 5.41) is 12.5. The lowest BCUT2D eigenvalue weighted by Crippen LogP contribution is -2.57. The Hall–Kier alpha value is -2.24. The summed E-state index contributed by atoms with van der Waals surface area (Å²) in [6.45, 7) is 0.688. The molecule has 1 amide bonds. The van der Waals surface area contributed by atoms with Crippen molar-refractivity contribution < 1.29 is 4.79 Å². The molecule has 2 N–H and O–H groups in total. The monoisotopic (exact) mass is 351 g/mol. The highest BCUT2D eigenvalue weighted by molar-refractivity contribution is 5.81. The lowest BCUT2D eigenvalue weighted by atomic mass is 9.43. The van der Waals surface area contributed by atoms with Gasteiger partial charge in [-0.05, 0) is 71.8 Å². The molecule has 4 aliphatic rings.